The second-order valence-corrected chi connectivity index (χ2v) is 5.50. The quantitative estimate of drug-likeness (QED) is 0.718. The van der Waals surface area contributed by atoms with Crippen molar-refractivity contribution >= 4 is 15.4 Å². The van der Waals surface area contributed by atoms with Crippen LogP contribution in [0.2, 0.25) is 0 Å². The van der Waals surface area contributed by atoms with Gasteiger partial charge in [-0.1, -0.05) is 6.07 Å². The number of benzene rings is 1. The molecule has 70 valence electrons. The van der Waals surface area contributed by atoms with Crippen LogP contribution >= 0.6 is 0 Å². The summed E-state index contributed by atoms with van der Waals surface area (Å²) in [6, 6.07) is 5.58. The standard InChI is InChI=1S/C9H12N2OS/c1-13(10,12)8-3-2-7-4-5-11-9(7)6-8/h2-3,6,10-11H,4-5H2,1H3. The molecular weight excluding hydrogens is 184 g/mol. The number of hydrogen-bond acceptors (Lipinski definition) is 3. The first-order valence-electron chi connectivity index (χ1n) is 4.18. The van der Waals surface area contributed by atoms with E-state index in [0.717, 1.165) is 18.7 Å². The van der Waals surface area contributed by atoms with Crippen molar-refractivity contribution in [2.45, 2.75) is 11.3 Å². The SMILES string of the molecule is CS(=N)(=O)c1ccc2c(c1)NCC2. The van der Waals surface area contributed by atoms with E-state index in [1.807, 2.05) is 12.1 Å². The van der Waals surface area contributed by atoms with Crippen molar-refractivity contribution in [3.63, 3.8) is 0 Å². The molecule has 1 aliphatic heterocycles. The molecule has 0 amide bonds. The van der Waals surface area contributed by atoms with Crippen molar-refractivity contribution in [1.82, 2.24) is 0 Å². The molecule has 0 saturated carbocycles. The van der Waals surface area contributed by atoms with Gasteiger partial charge in [0.1, 0.15) is 0 Å². The van der Waals surface area contributed by atoms with E-state index in [1.54, 1.807) is 6.07 Å². The Balaban J connectivity index is 2.54. The smallest absolute Gasteiger partial charge is 0.0697 e. The minimum absolute atomic E-state index is 0.612. The van der Waals surface area contributed by atoms with Crippen LogP contribution in [0.1, 0.15) is 5.56 Å². The molecule has 1 aromatic carbocycles. The van der Waals surface area contributed by atoms with Crippen LogP contribution in [0, 0.1) is 4.78 Å². The molecule has 3 nitrogen and oxygen atoms in total. The summed E-state index contributed by atoms with van der Waals surface area (Å²) in [5.74, 6) is 0. The fourth-order valence-electron chi connectivity index (χ4n) is 1.51. The second-order valence-electron chi connectivity index (χ2n) is 3.34. The zero-order chi connectivity index (χ0) is 9.47. The molecule has 0 spiro atoms. The second kappa shape index (κ2) is 2.73. The average molecular weight is 196 g/mol. The third-order valence-corrected chi connectivity index (χ3v) is 3.39. The first-order chi connectivity index (χ1) is 6.07. The van der Waals surface area contributed by atoms with E-state index < -0.39 is 9.73 Å². The van der Waals surface area contributed by atoms with Gasteiger partial charge in [0.15, 0.2) is 0 Å². The molecule has 1 aliphatic rings. The van der Waals surface area contributed by atoms with Gasteiger partial charge in [-0.2, -0.15) is 0 Å². The van der Waals surface area contributed by atoms with Crippen LogP contribution in [0.5, 0.6) is 0 Å². The van der Waals surface area contributed by atoms with Gasteiger partial charge in [-0.3, -0.25) is 0 Å². The van der Waals surface area contributed by atoms with E-state index in [2.05, 4.69) is 5.32 Å². The molecule has 2 N–H and O–H groups in total. The summed E-state index contributed by atoms with van der Waals surface area (Å²) in [4.78, 5) is 0.612. The Labute approximate surface area is 78.1 Å². The number of fused-ring (bicyclic) bond motifs is 1. The third-order valence-electron chi connectivity index (χ3n) is 2.24. The summed E-state index contributed by atoms with van der Waals surface area (Å²) in [5, 5.41) is 3.20. The number of hydrogen-bond donors (Lipinski definition) is 2. The molecule has 13 heavy (non-hydrogen) atoms. The van der Waals surface area contributed by atoms with Crippen molar-refractivity contribution < 1.29 is 4.21 Å². The lowest BCUT2D eigenvalue weighted by atomic mass is 10.2. The Morgan fingerprint density at radius 2 is 2.31 bits per heavy atom. The molecule has 0 bridgehead atoms. The lowest BCUT2D eigenvalue weighted by Gasteiger charge is -2.04. The van der Waals surface area contributed by atoms with Gasteiger partial charge >= 0.3 is 0 Å². The van der Waals surface area contributed by atoms with Crippen molar-refractivity contribution in [3.05, 3.63) is 23.8 Å². The van der Waals surface area contributed by atoms with E-state index in [9.17, 15) is 4.21 Å². The first kappa shape index (κ1) is 8.56. The molecule has 2 rings (SSSR count). The maximum atomic E-state index is 11.4. The fraction of sp³-hybridized carbons (Fsp3) is 0.333. The number of rotatable bonds is 1. The summed E-state index contributed by atoms with van der Waals surface area (Å²) >= 11 is 0. The highest BCUT2D eigenvalue weighted by Crippen LogP contribution is 2.25. The average Bonchev–Trinajstić information content (AvgIpc) is 2.47. The predicted octanol–water partition coefficient (Wildman–Crippen LogP) is 1.69. The molecule has 4 heteroatoms. The van der Waals surface area contributed by atoms with E-state index in [-0.39, 0.29) is 0 Å². The van der Waals surface area contributed by atoms with Crippen molar-refractivity contribution in [2.24, 2.45) is 0 Å². The molecule has 0 aromatic heterocycles. The number of nitrogens with one attached hydrogen (secondary N) is 2. The summed E-state index contributed by atoms with van der Waals surface area (Å²) in [5.41, 5.74) is 2.30. The summed E-state index contributed by atoms with van der Waals surface area (Å²) in [6.07, 6.45) is 2.47. The minimum Gasteiger partial charge on any atom is -0.384 e. The molecule has 1 atom stereocenters. The largest absolute Gasteiger partial charge is 0.384 e. The van der Waals surface area contributed by atoms with Crippen LogP contribution in [0.25, 0.3) is 0 Å². The first-order valence-corrected chi connectivity index (χ1v) is 6.14. The molecule has 1 unspecified atom stereocenters. The molecule has 0 saturated heterocycles. The van der Waals surface area contributed by atoms with E-state index in [0.29, 0.717) is 4.90 Å². The van der Waals surface area contributed by atoms with Crippen molar-refractivity contribution in [1.29, 1.82) is 4.78 Å². The highest BCUT2D eigenvalue weighted by Gasteiger charge is 2.12. The zero-order valence-electron chi connectivity index (χ0n) is 7.46. The monoisotopic (exact) mass is 196 g/mol. The van der Waals surface area contributed by atoms with Crippen LogP contribution in [-0.4, -0.2) is 17.0 Å². The van der Waals surface area contributed by atoms with Crippen LogP contribution in [0.15, 0.2) is 23.1 Å². The van der Waals surface area contributed by atoms with Crippen molar-refractivity contribution in [2.75, 3.05) is 18.1 Å². The maximum absolute atomic E-state index is 11.4. The van der Waals surface area contributed by atoms with Gasteiger partial charge < -0.3 is 5.32 Å². The van der Waals surface area contributed by atoms with Crippen molar-refractivity contribution in [3.8, 4) is 0 Å². The van der Waals surface area contributed by atoms with Crippen LogP contribution in [0.4, 0.5) is 5.69 Å². The summed E-state index contributed by atoms with van der Waals surface area (Å²) < 4.78 is 18.9. The Morgan fingerprint density at radius 3 is 3.00 bits per heavy atom. The van der Waals surface area contributed by atoms with Crippen LogP contribution < -0.4 is 5.32 Å². The van der Waals surface area contributed by atoms with E-state index in [4.69, 9.17) is 4.78 Å². The van der Waals surface area contributed by atoms with Gasteiger partial charge in [0.25, 0.3) is 0 Å². The Bertz CT molecular complexity index is 437. The molecule has 1 heterocycles. The maximum Gasteiger partial charge on any atom is 0.0697 e. The summed E-state index contributed by atoms with van der Waals surface area (Å²) in [7, 11) is -2.56. The third kappa shape index (κ3) is 1.54. The zero-order valence-corrected chi connectivity index (χ0v) is 8.28. The topological polar surface area (TPSA) is 53.0 Å². The highest BCUT2D eigenvalue weighted by molar-refractivity contribution is 7.91. The fourth-order valence-corrected chi connectivity index (χ4v) is 2.18. The van der Waals surface area contributed by atoms with Gasteiger partial charge in [0, 0.05) is 23.4 Å². The summed E-state index contributed by atoms with van der Waals surface area (Å²) in [6.45, 7) is 0.946. The van der Waals surface area contributed by atoms with E-state index >= 15 is 0 Å². The van der Waals surface area contributed by atoms with Gasteiger partial charge in [-0.15, -0.1) is 0 Å². The van der Waals surface area contributed by atoms with Gasteiger partial charge in [0.2, 0.25) is 0 Å². The van der Waals surface area contributed by atoms with E-state index in [1.165, 1.54) is 11.8 Å². The van der Waals surface area contributed by atoms with Crippen LogP contribution in [0.3, 0.4) is 0 Å². The Morgan fingerprint density at radius 1 is 1.54 bits per heavy atom. The van der Waals surface area contributed by atoms with Crippen LogP contribution in [-0.2, 0) is 16.1 Å². The lowest BCUT2D eigenvalue weighted by molar-refractivity contribution is 0.679. The molecule has 0 aliphatic carbocycles. The Kier molecular flexibility index (Phi) is 1.80. The molecule has 0 radical (unpaired) electrons. The Hall–Kier alpha value is -1.03. The highest BCUT2D eigenvalue weighted by atomic mass is 32.2. The molecule has 1 aromatic rings. The minimum atomic E-state index is -2.56. The van der Waals surface area contributed by atoms with Gasteiger partial charge in [-0.25, -0.2) is 8.99 Å². The van der Waals surface area contributed by atoms with Gasteiger partial charge in [-0.05, 0) is 24.1 Å². The predicted molar refractivity (Wildman–Crippen MR) is 53.7 cm³/mol. The normalized spacial score (nSPS) is 18.8. The number of anilines is 1. The molecular formula is C9H12N2OS. The lowest BCUT2D eigenvalue weighted by Crippen LogP contribution is -1.96. The van der Waals surface area contributed by atoms with Gasteiger partial charge in [0.05, 0.1) is 9.73 Å². The molecule has 0 fully saturated rings.